The van der Waals surface area contributed by atoms with Gasteiger partial charge in [0.1, 0.15) is 5.15 Å². The Morgan fingerprint density at radius 3 is 1.92 bits per heavy atom. The molecule has 4 aromatic rings. The third-order valence-corrected chi connectivity index (χ3v) is 4.05. The van der Waals surface area contributed by atoms with Crippen LogP contribution in [-0.4, -0.2) is 15.0 Å². The van der Waals surface area contributed by atoms with E-state index in [1.807, 2.05) is 79.0 Å². The second-order valence-electron chi connectivity index (χ2n) is 5.56. The Kier molecular flexibility index (Phi) is 4.23. The molecule has 0 fully saturated rings. The van der Waals surface area contributed by atoms with Gasteiger partial charge in [0, 0.05) is 29.0 Å². The Balaban J connectivity index is 1.71. The molecular weight excluding hydrogens is 330 g/mol. The molecule has 0 unspecified atom stereocenters. The quantitative estimate of drug-likeness (QED) is 0.459. The van der Waals surface area contributed by atoms with Crippen molar-refractivity contribution in [2.24, 2.45) is 0 Å². The maximum Gasteiger partial charge on any atom is 0.161 e. The lowest BCUT2D eigenvalue weighted by Gasteiger charge is -2.06. The minimum absolute atomic E-state index is 0.413. The summed E-state index contributed by atoms with van der Waals surface area (Å²) in [6, 6.07) is 25.6. The van der Waals surface area contributed by atoms with Crippen LogP contribution < -0.4 is 0 Å². The number of aromatic nitrogens is 3. The molecule has 2 aromatic heterocycles. The molecule has 0 aliphatic heterocycles. The molecule has 0 saturated carbocycles. The normalized spacial score (nSPS) is 10.6. The van der Waals surface area contributed by atoms with Gasteiger partial charge >= 0.3 is 0 Å². The zero-order valence-corrected chi connectivity index (χ0v) is 14.1. The Labute approximate surface area is 151 Å². The number of benzene rings is 2. The maximum atomic E-state index is 6.21. The van der Waals surface area contributed by atoms with Crippen molar-refractivity contribution in [2.45, 2.75) is 0 Å². The van der Waals surface area contributed by atoms with Crippen LogP contribution in [0.4, 0.5) is 0 Å². The Morgan fingerprint density at radius 2 is 1.28 bits per heavy atom. The summed E-state index contributed by atoms with van der Waals surface area (Å²) in [5.74, 6) is 0.607. The van der Waals surface area contributed by atoms with Gasteiger partial charge in [0.25, 0.3) is 0 Å². The van der Waals surface area contributed by atoms with Crippen molar-refractivity contribution in [3.8, 4) is 33.9 Å². The third-order valence-electron chi connectivity index (χ3n) is 3.86. The average Bonchev–Trinajstić information content (AvgIpc) is 2.69. The molecule has 25 heavy (non-hydrogen) atoms. The summed E-state index contributed by atoms with van der Waals surface area (Å²) < 4.78 is 0. The predicted molar refractivity (Wildman–Crippen MR) is 101 cm³/mol. The van der Waals surface area contributed by atoms with E-state index in [9.17, 15) is 0 Å². The fourth-order valence-electron chi connectivity index (χ4n) is 2.61. The lowest BCUT2D eigenvalue weighted by Crippen LogP contribution is -1.94. The number of pyridine rings is 1. The lowest BCUT2D eigenvalue weighted by molar-refractivity contribution is 1.17. The number of hydrogen-bond acceptors (Lipinski definition) is 3. The van der Waals surface area contributed by atoms with Gasteiger partial charge < -0.3 is 0 Å². The van der Waals surface area contributed by atoms with Gasteiger partial charge in [-0.2, -0.15) is 0 Å². The number of hydrogen-bond donors (Lipinski definition) is 0. The standard InChI is InChI=1S/C21H14ClN3/c22-20-13-19(24-21(25-20)16-9-5-2-6-10-16)17-11-12-18(23-14-17)15-7-3-1-4-8-15/h1-14H. The summed E-state index contributed by atoms with van der Waals surface area (Å²) >= 11 is 6.21. The van der Waals surface area contributed by atoms with Crippen LogP contribution in [0.25, 0.3) is 33.9 Å². The van der Waals surface area contributed by atoms with Crippen LogP contribution >= 0.6 is 11.6 Å². The van der Waals surface area contributed by atoms with Gasteiger partial charge in [-0.25, -0.2) is 9.97 Å². The molecular formula is C21H14ClN3. The molecule has 4 rings (SSSR count). The molecule has 2 aromatic carbocycles. The van der Waals surface area contributed by atoms with Crippen molar-refractivity contribution in [3.05, 3.63) is 90.2 Å². The average molecular weight is 344 g/mol. The fourth-order valence-corrected chi connectivity index (χ4v) is 2.79. The third kappa shape index (κ3) is 3.42. The summed E-state index contributed by atoms with van der Waals surface area (Å²) in [6.45, 7) is 0. The van der Waals surface area contributed by atoms with Crippen LogP contribution in [0.15, 0.2) is 85.1 Å². The molecule has 0 saturated heterocycles. The SMILES string of the molecule is Clc1cc(-c2ccc(-c3ccccc3)nc2)nc(-c2ccccc2)n1. The zero-order chi connectivity index (χ0) is 17.1. The second-order valence-corrected chi connectivity index (χ2v) is 5.95. The van der Waals surface area contributed by atoms with Crippen LogP contribution in [0.5, 0.6) is 0 Å². The maximum absolute atomic E-state index is 6.21. The molecule has 4 heteroatoms. The largest absolute Gasteiger partial charge is 0.256 e. The molecule has 0 aliphatic rings. The molecule has 0 spiro atoms. The summed E-state index contributed by atoms with van der Waals surface area (Å²) in [5, 5.41) is 0.413. The number of rotatable bonds is 3. The van der Waals surface area contributed by atoms with Crippen molar-refractivity contribution in [1.82, 2.24) is 15.0 Å². The van der Waals surface area contributed by atoms with E-state index in [2.05, 4.69) is 15.0 Å². The summed E-state index contributed by atoms with van der Waals surface area (Å²) in [7, 11) is 0. The zero-order valence-electron chi connectivity index (χ0n) is 13.3. The minimum atomic E-state index is 0.413. The smallest absolute Gasteiger partial charge is 0.161 e. The number of nitrogens with zero attached hydrogens (tertiary/aromatic N) is 3. The van der Waals surface area contributed by atoms with Gasteiger partial charge in [-0.05, 0) is 12.1 Å². The number of halogens is 1. The topological polar surface area (TPSA) is 38.7 Å². The molecule has 0 aliphatic carbocycles. The highest BCUT2D eigenvalue weighted by Gasteiger charge is 2.08. The summed E-state index contributed by atoms with van der Waals surface area (Å²) in [4.78, 5) is 13.5. The molecule has 120 valence electrons. The van der Waals surface area contributed by atoms with Crippen LogP contribution in [0.1, 0.15) is 0 Å². The van der Waals surface area contributed by atoms with E-state index < -0.39 is 0 Å². The van der Waals surface area contributed by atoms with Gasteiger partial charge in [0.2, 0.25) is 0 Å². The van der Waals surface area contributed by atoms with Crippen molar-refractivity contribution in [2.75, 3.05) is 0 Å². The van der Waals surface area contributed by atoms with E-state index in [-0.39, 0.29) is 0 Å². The summed E-state index contributed by atoms with van der Waals surface area (Å²) in [5.41, 5.74) is 4.60. The molecule has 0 radical (unpaired) electrons. The van der Waals surface area contributed by atoms with Crippen LogP contribution in [0.2, 0.25) is 5.15 Å². The molecule has 3 nitrogen and oxygen atoms in total. The van der Waals surface area contributed by atoms with E-state index in [0.717, 1.165) is 28.1 Å². The van der Waals surface area contributed by atoms with Gasteiger partial charge in [-0.1, -0.05) is 72.3 Å². The van der Waals surface area contributed by atoms with Gasteiger partial charge in [0.05, 0.1) is 11.4 Å². The van der Waals surface area contributed by atoms with Crippen LogP contribution in [0.3, 0.4) is 0 Å². The van der Waals surface area contributed by atoms with E-state index in [1.165, 1.54) is 0 Å². The highest BCUT2D eigenvalue weighted by atomic mass is 35.5. The highest BCUT2D eigenvalue weighted by molar-refractivity contribution is 6.29. The van der Waals surface area contributed by atoms with E-state index in [4.69, 9.17) is 11.6 Å². The Morgan fingerprint density at radius 1 is 0.600 bits per heavy atom. The molecule has 0 bridgehead atoms. The van der Waals surface area contributed by atoms with E-state index >= 15 is 0 Å². The Bertz CT molecular complexity index is 985. The first kappa shape index (κ1) is 15.5. The first-order valence-electron chi connectivity index (χ1n) is 7.91. The minimum Gasteiger partial charge on any atom is -0.256 e. The molecule has 0 N–H and O–H groups in total. The van der Waals surface area contributed by atoms with Crippen LogP contribution in [-0.2, 0) is 0 Å². The monoisotopic (exact) mass is 343 g/mol. The van der Waals surface area contributed by atoms with Crippen LogP contribution in [0, 0.1) is 0 Å². The lowest BCUT2D eigenvalue weighted by atomic mass is 10.1. The van der Waals surface area contributed by atoms with Gasteiger partial charge in [-0.3, -0.25) is 4.98 Å². The molecule has 0 amide bonds. The first-order chi connectivity index (χ1) is 12.3. The van der Waals surface area contributed by atoms with Crippen molar-refractivity contribution in [3.63, 3.8) is 0 Å². The molecule has 0 atom stereocenters. The summed E-state index contributed by atoms with van der Waals surface area (Å²) in [6.07, 6.45) is 1.82. The second kappa shape index (κ2) is 6.83. The van der Waals surface area contributed by atoms with Crippen molar-refractivity contribution >= 4 is 11.6 Å². The highest BCUT2D eigenvalue weighted by Crippen LogP contribution is 2.25. The predicted octanol–water partition coefficient (Wildman–Crippen LogP) is 5.53. The Hall–Kier alpha value is -3.04. The molecule has 2 heterocycles. The van der Waals surface area contributed by atoms with Gasteiger partial charge in [-0.15, -0.1) is 0 Å². The van der Waals surface area contributed by atoms with Crippen molar-refractivity contribution in [1.29, 1.82) is 0 Å². The van der Waals surface area contributed by atoms with Crippen molar-refractivity contribution < 1.29 is 0 Å². The first-order valence-corrected chi connectivity index (χ1v) is 8.29. The van der Waals surface area contributed by atoms with E-state index in [0.29, 0.717) is 11.0 Å². The fraction of sp³-hybridized carbons (Fsp3) is 0. The van der Waals surface area contributed by atoms with E-state index in [1.54, 1.807) is 6.07 Å². The van der Waals surface area contributed by atoms with Gasteiger partial charge in [0.15, 0.2) is 5.82 Å².